The van der Waals surface area contributed by atoms with Crippen LogP contribution in [0.15, 0.2) is 30.6 Å². The van der Waals surface area contributed by atoms with Gasteiger partial charge in [-0.2, -0.15) is 5.10 Å². The van der Waals surface area contributed by atoms with E-state index in [1.165, 1.54) is 6.33 Å². The van der Waals surface area contributed by atoms with Crippen LogP contribution in [0.3, 0.4) is 0 Å². The maximum absolute atomic E-state index is 12.4. The monoisotopic (exact) mass is 329 g/mol. The van der Waals surface area contributed by atoms with Crippen LogP contribution in [-0.4, -0.2) is 64.2 Å². The minimum absolute atomic E-state index is 0.227. The minimum Gasteiger partial charge on any atom is -0.497 e. The number of hydrogen-bond acceptors (Lipinski definition) is 5. The largest absolute Gasteiger partial charge is 0.497 e. The highest BCUT2D eigenvalue weighted by atomic mass is 16.5. The standard InChI is InChI=1S/C17H23N5O2/c1-24-15-5-2-14(3-6-15)4-7-17(23)22-10-8-21(9-11-22)12-16-18-13-19-20-16/h2-3,5-6,13H,4,7-12H2,1H3,(H,18,19,20). The minimum atomic E-state index is 0.227. The Bertz CT molecular complexity index is 634. The van der Waals surface area contributed by atoms with Crippen LogP contribution in [0.25, 0.3) is 0 Å². The number of nitrogens with zero attached hydrogens (tertiary/aromatic N) is 4. The summed E-state index contributed by atoms with van der Waals surface area (Å²) in [5.74, 6) is 1.94. The Kier molecular flexibility index (Phi) is 5.43. The first-order valence-corrected chi connectivity index (χ1v) is 8.22. The molecule has 1 aliphatic rings. The number of piperazine rings is 1. The summed E-state index contributed by atoms with van der Waals surface area (Å²) in [6, 6.07) is 7.90. The molecule has 0 saturated carbocycles. The number of carbonyl (C=O) groups is 1. The first kappa shape index (κ1) is 16.4. The topological polar surface area (TPSA) is 74.3 Å². The molecule has 1 aromatic heterocycles. The molecule has 1 N–H and O–H groups in total. The summed E-state index contributed by atoms with van der Waals surface area (Å²) in [5.41, 5.74) is 1.16. The Balaban J connectivity index is 1.41. The molecule has 1 amide bonds. The number of carbonyl (C=O) groups excluding carboxylic acids is 1. The number of nitrogens with one attached hydrogen (secondary N) is 1. The van der Waals surface area contributed by atoms with Gasteiger partial charge in [0.05, 0.1) is 13.7 Å². The van der Waals surface area contributed by atoms with E-state index in [4.69, 9.17) is 4.74 Å². The van der Waals surface area contributed by atoms with Gasteiger partial charge in [0.25, 0.3) is 0 Å². The number of amides is 1. The second-order valence-electron chi connectivity index (χ2n) is 5.94. The van der Waals surface area contributed by atoms with E-state index in [0.717, 1.165) is 56.3 Å². The van der Waals surface area contributed by atoms with E-state index >= 15 is 0 Å². The van der Waals surface area contributed by atoms with Gasteiger partial charge in [0.15, 0.2) is 0 Å². The fourth-order valence-corrected chi connectivity index (χ4v) is 2.88. The highest BCUT2D eigenvalue weighted by Crippen LogP contribution is 2.14. The van der Waals surface area contributed by atoms with E-state index in [9.17, 15) is 4.79 Å². The van der Waals surface area contributed by atoms with E-state index in [1.807, 2.05) is 29.2 Å². The Morgan fingerprint density at radius 1 is 1.21 bits per heavy atom. The van der Waals surface area contributed by atoms with Crippen LogP contribution < -0.4 is 4.74 Å². The SMILES string of the molecule is COc1ccc(CCC(=O)N2CCN(Cc3ncn[nH]3)CC2)cc1. The van der Waals surface area contributed by atoms with Crippen molar-refractivity contribution in [2.45, 2.75) is 19.4 Å². The van der Waals surface area contributed by atoms with Gasteiger partial charge in [0.2, 0.25) is 5.91 Å². The van der Waals surface area contributed by atoms with Crippen LogP contribution in [0, 0.1) is 0 Å². The van der Waals surface area contributed by atoms with Gasteiger partial charge in [-0.3, -0.25) is 14.8 Å². The number of aryl methyl sites for hydroxylation is 1. The molecule has 0 bridgehead atoms. The molecule has 1 fully saturated rings. The molecule has 0 atom stereocenters. The number of rotatable bonds is 6. The Hall–Kier alpha value is -2.41. The van der Waals surface area contributed by atoms with Crippen LogP contribution >= 0.6 is 0 Å². The van der Waals surface area contributed by atoms with Crippen molar-refractivity contribution in [1.82, 2.24) is 25.0 Å². The van der Waals surface area contributed by atoms with E-state index in [0.29, 0.717) is 6.42 Å². The van der Waals surface area contributed by atoms with E-state index in [2.05, 4.69) is 20.1 Å². The smallest absolute Gasteiger partial charge is 0.222 e. The van der Waals surface area contributed by atoms with Crippen molar-refractivity contribution >= 4 is 5.91 Å². The number of aromatic amines is 1. The molecule has 2 heterocycles. The lowest BCUT2D eigenvalue weighted by Gasteiger charge is -2.34. The first-order chi connectivity index (χ1) is 11.7. The van der Waals surface area contributed by atoms with Gasteiger partial charge in [-0.05, 0) is 24.1 Å². The van der Waals surface area contributed by atoms with Gasteiger partial charge >= 0.3 is 0 Å². The van der Waals surface area contributed by atoms with Gasteiger partial charge in [-0.15, -0.1) is 0 Å². The zero-order valence-corrected chi connectivity index (χ0v) is 13.9. The molecule has 1 aromatic carbocycles. The number of ether oxygens (including phenoxy) is 1. The maximum atomic E-state index is 12.4. The molecule has 2 aromatic rings. The van der Waals surface area contributed by atoms with Crippen molar-refractivity contribution in [3.63, 3.8) is 0 Å². The van der Waals surface area contributed by atoms with Crippen molar-refractivity contribution in [2.75, 3.05) is 33.3 Å². The molecule has 0 aliphatic carbocycles. The highest BCUT2D eigenvalue weighted by Gasteiger charge is 2.21. The Morgan fingerprint density at radius 3 is 2.58 bits per heavy atom. The quantitative estimate of drug-likeness (QED) is 0.859. The molecule has 3 rings (SSSR count). The third-order valence-corrected chi connectivity index (χ3v) is 4.35. The van der Waals surface area contributed by atoms with Crippen molar-refractivity contribution in [3.05, 3.63) is 42.0 Å². The summed E-state index contributed by atoms with van der Waals surface area (Å²) >= 11 is 0. The third kappa shape index (κ3) is 4.32. The molecular formula is C17H23N5O2. The lowest BCUT2D eigenvalue weighted by atomic mass is 10.1. The maximum Gasteiger partial charge on any atom is 0.222 e. The van der Waals surface area contributed by atoms with E-state index in [-0.39, 0.29) is 5.91 Å². The van der Waals surface area contributed by atoms with Gasteiger partial charge in [-0.1, -0.05) is 12.1 Å². The van der Waals surface area contributed by atoms with Crippen LogP contribution in [0.1, 0.15) is 17.8 Å². The third-order valence-electron chi connectivity index (χ3n) is 4.35. The molecule has 0 spiro atoms. The van der Waals surface area contributed by atoms with Crippen LogP contribution in [0.2, 0.25) is 0 Å². The lowest BCUT2D eigenvalue weighted by Crippen LogP contribution is -2.48. The summed E-state index contributed by atoms with van der Waals surface area (Å²) < 4.78 is 5.15. The van der Waals surface area contributed by atoms with Gasteiger partial charge in [0.1, 0.15) is 17.9 Å². The number of aromatic nitrogens is 3. The number of hydrogen-bond donors (Lipinski definition) is 1. The molecule has 1 aliphatic heterocycles. The van der Waals surface area contributed by atoms with Gasteiger partial charge < -0.3 is 9.64 Å². The van der Waals surface area contributed by atoms with Crippen molar-refractivity contribution in [1.29, 1.82) is 0 Å². The molecule has 24 heavy (non-hydrogen) atoms. The van der Waals surface area contributed by atoms with E-state index in [1.54, 1.807) is 7.11 Å². The fraction of sp³-hybridized carbons (Fsp3) is 0.471. The van der Waals surface area contributed by atoms with Crippen molar-refractivity contribution in [2.24, 2.45) is 0 Å². The predicted molar refractivity (Wildman–Crippen MR) is 89.6 cm³/mol. The average Bonchev–Trinajstić information content (AvgIpc) is 3.14. The summed E-state index contributed by atoms with van der Waals surface area (Å²) in [6.07, 6.45) is 2.84. The predicted octanol–water partition coefficient (Wildman–Crippen LogP) is 1.09. The fourth-order valence-electron chi connectivity index (χ4n) is 2.88. The molecular weight excluding hydrogens is 306 g/mol. The van der Waals surface area contributed by atoms with Crippen LogP contribution in [-0.2, 0) is 17.8 Å². The van der Waals surface area contributed by atoms with Crippen LogP contribution in [0.5, 0.6) is 5.75 Å². The summed E-state index contributed by atoms with van der Waals surface area (Å²) in [7, 11) is 1.65. The number of benzene rings is 1. The Morgan fingerprint density at radius 2 is 1.96 bits per heavy atom. The molecule has 128 valence electrons. The average molecular weight is 329 g/mol. The molecule has 1 saturated heterocycles. The molecule has 0 unspecified atom stereocenters. The van der Waals surface area contributed by atoms with Crippen molar-refractivity contribution in [3.8, 4) is 5.75 Å². The summed E-state index contributed by atoms with van der Waals surface area (Å²) in [5, 5.41) is 6.73. The lowest BCUT2D eigenvalue weighted by molar-refractivity contribution is -0.133. The molecule has 0 radical (unpaired) electrons. The first-order valence-electron chi connectivity index (χ1n) is 8.22. The summed E-state index contributed by atoms with van der Waals surface area (Å²) in [6.45, 7) is 4.04. The zero-order chi connectivity index (χ0) is 16.8. The van der Waals surface area contributed by atoms with Gasteiger partial charge in [-0.25, -0.2) is 4.98 Å². The zero-order valence-electron chi connectivity index (χ0n) is 13.9. The number of methoxy groups -OCH3 is 1. The molecule has 7 heteroatoms. The summed E-state index contributed by atoms with van der Waals surface area (Å²) in [4.78, 5) is 20.8. The van der Waals surface area contributed by atoms with Crippen molar-refractivity contribution < 1.29 is 9.53 Å². The van der Waals surface area contributed by atoms with Gasteiger partial charge in [0, 0.05) is 32.6 Å². The normalized spacial score (nSPS) is 15.5. The second kappa shape index (κ2) is 7.92. The van der Waals surface area contributed by atoms with E-state index < -0.39 is 0 Å². The second-order valence-corrected chi connectivity index (χ2v) is 5.94. The highest BCUT2D eigenvalue weighted by molar-refractivity contribution is 5.76. The van der Waals surface area contributed by atoms with Crippen LogP contribution in [0.4, 0.5) is 0 Å². The Labute approximate surface area is 141 Å². The molecule has 7 nitrogen and oxygen atoms in total. The number of H-pyrrole nitrogens is 1.